The third-order valence-electron chi connectivity index (χ3n) is 4.36. The number of fused-ring (bicyclic) bond motifs is 1. The maximum atomic E-state index is 5.36. The minimum Gasteiger partial charge on any atom is -0.497 e. The number of thiophene rings is 1. The number of hydrogen-bond donors (Lipinski definition) is 1. The van der Waals surface area contributed by atoms with Crippen molar-refractivity contribution in [2.45, 2.75) is 44.7 Å². The third kappa shape index (κ3) is 3.14. The maximum Gasteiger partial charge on any atom is 0.119 e. The lowest BCUT2D eigenvalue weighted by atomic mass is 9.87. The van der Waals surface area contributed by atoms with Crippen LogP contribution in [0.5, 0.6) is 5.75 Å². The highest BCUT2D eigenvalue weighted by molar-refractivity contribution is 7.10. The first-order chi connectivity index (χ1) is 10.3. The molecule has 3 heteroatoms. The van der Waals surface area contributed by atoms with Gasteiger partial charge in [0, 0.05) is 17.0 Å². The summed E-state index contributed by atoms with van der Waals surface area (Å²) in [5.74, 6) is 0.972. The minimum atomic E-state index is 0.461. The second-order valence-electron chi connectivity index (χ2n) is 5.65. The van der Waals surface area contributed by atoms with E-state index >= 15 is 0 Å². The van der Waals surface area contributed by atoms with Crippen LogP contribution >= 0.6 is 11.3 Å². The second-order valence-corrected chi connectivity index (χ2v) is 6.63. The van der Waals surface area contributed by atoms with E-state index in [-0.39, 0.29) is 0 Å². The molecule has 0 aliphatic heterocycles. The molecule has 0 saturated heterocycles. The number of methoxy groups -OCH3 is 1. The molecule has 0 fully saturated rings. The van der Waals surface area contributed by atoms with Crippen LogP contribution in [0, 0.1) is 0 Å². The van der Waals surface area contributed by atoms with E-state index in [9.17, 15) is 0 Å². The average molecular weight is 301 g/mol. The molecule has 2 nitrogen and oxygen atoms in total. The first-order valence-corrected chi connectivity index (χ1v) is 8.66. The van der Waals surface area contributed by atoms with Crippen LogP contribution in [0.1, 0.15) is 54.3 Å². The first-order valence-electron chi connectivity index (χ1n) is 7.78. The molecule has 2 atom stereocenters. The Balaban J connectivity index is 1.81. The van der Waals surface area contributed by atoms with Crippen molar-refractivity contribution in [1.29, 1.82) is 0 Å². The molecule has 1 aromatic carbocycles. The second kappa shape index (κ2) is 6.63. The highest BCUT2D eigenvalue weighted by Gasteiger charge is 2.23. The van der Waals surface area contributed by atoms with Crippen LogP contribution in [0.2, 0.25) is 0 Å². The van der Waals surface area contributed by atoms with Gasteiger partial charge in [0.2, 0.25) is 0 Å². The van der Waals surface area contributed by atoms with Gasteiger partial charge in [0.25, 0.3) is 0 Å². The lowest BCUT2D eigenvalue weighted by Crippen LogP contribution is -2.28. The Bertz CT molecular complexity index is 579. The summed E-state index contributed by atoms with van der Waals surface area (Å²) in [5.41, 5.74) is 2.90. The number of nitrogens with one attached hydrogen (secondary N) is 1. The van der Waals surface area contributed by atoms with Gasteiger partial charge in [0.1, 0.15) is 5.75 Å². The van der Waals surface area contributed by atoms with E-state index < -0.39 is 0 Å². The Kier molecular flexibility index (Phi) is 4.61. The lowest BCUT2D eigenvalue weighted by Gasteiger charge is -2.30. The van der Waals surface area contributed by atoms with Gasteiger partial charge in [0.15, 0.2) is 0 Å². The molecule has 1 N–H and O–H groups in total. The number of rotatable bonds is 5. The van der Waals surface area contributed by atoms with Gasteiger partial charge >= 0.3 is 0 Å². The zero-order valence-corrected chi connectivity index (χ0v) is 13.6. The van der Waals surface area contributed by atoms with Gasteiger partial charge in [-0.15, -0.1) is 11.3 Å². The van der Waals surface area contributed by atoms with Crippen LogP contribution in [-0.4, -0.2) is 7.11 Å². The molecule has 1 aliphatic carbocycles. The van der Waals surface area contributed by atoms with Crippen LogP contribution in [0.15, 0.2) is 35.7 Å². The molecule has 112 valence electrons. The van der Waals surface area contributed by atoms with E-state index in [1.807, 2.05) is 11.3 Å². The summed E-state index contributed by atoms with van der Waals surface area (Å²) in [5, 5.41) is 6.04. The van der Waals surface area contributed by atoms with E-state index in [0.717, 1.165) is 12.2 Å². The molecule has 0 radical (unpaired) electrons. The van der Waals surface area contributed by atoms with Gasteiger partial charge in [-0.25, -0.2) is 0 Å². The highest BCUT2D eigenvalue weighted by Crippen LogP contribution is 2.35. The lowest BCUT2D eigenvalue weighted by molar-refractivity contribution is 0.391. The van der Waals surface area contributed by atoms with E-state index in [0.29, 0.717) is 12.1 Å². The van der Waals surface area contributed by atoms with Gasteiger partial charge in [-0.05, 0) is 60.4 Å². The molecule has 1 aliphatic rings. The molecule has 0 bridgehead atoms. The molecule has 1 heterocycles. The first kappa shape index (κ1) is 14.6. The van der Waals surface area contributed by atoms with Gasteiger partial charge < -0.3 is 10.1 Å². The fourth-order valence-electron chi connectivity index (χ4n) is 3.22. The van der Waals surface area contributed by atoms with Crippen molar-refractivity contribution in [3.63, 3.8) is 0 Å². The van der Waals surface area contributed by atoms with Crippen molar-refractivity contribution in [3.05, 3.63) is 51.7 Å². The van der Waals surface area contributed by atoms with Crippen molar-refractivity contribution in [2.75, 3.05) is 7.11 Å². The zero-order chi connectivity index (χ0) is 14.7. The minimum absolute atomic E-state index is 0.461. The molecule has 3 rings (SSSR count). The molecule has 0 saturated carbocycles. The normalized spacial score (nSPS) is 19.0. The topological polar surface area (TPSA) is 21.3 Å². The summed E-state index contributed by atoms with van der Waals surface area (Å²) < 4.78 is 5.36. The largest absolute Gasteiger partial charge is 0.497 e. The fourth-order valence-corrected chi connectivity index (χ4v) is 4.09. The highest BCUT2D eigenvalue weighted by atomic mass is 32.1. The molecular formula is C18H23NOS. The van der Waals surface area contributed by atoms with Crippen molar-refractivity contribution in [3.8, 4) is 5.75 Å². The van der Waals surface area contributed by atoms with E-state index in [4.69, 9.17) is 4.74 Å². The number of ether oxygens (including phenoxy) is 1. The summed E-state index contributed by atoms with van der Waals surface area (Å²) >= 11 is 1.85. The van der Waals surface area contributed by atoms with Crippen molar-refractivity contribution in [2.24, 2.45) is 0 Å². The summed E-state index contributed by atoms with van der Waals surface area (Å²) in [6.45, 7) is 2.26. The zero-order valence-electron chi connectivity index (χ0n) is 12.8. The Labute approximate surface area is 131 Å². The van der Waals surface area contributed by atoms with Crippen LogP contribution in [0.3, 0.4) is 0 Å². The van der Waals surface area contributed by atoms with Crippen molar-refractivity contribution < 1.29 is 4.74 Å². The smallest absolute Gasteiger partial charge is 0.119 e. The van der Waals surface area contributed by atoms with Crippen LogP contribution in [-0.2, 0) is 6.42 Å². The monoisotopic (exact) mass is 301 g/mol. The van der Waals surface area contributed by atoms with E-state index in [1.165, 1.54) is 35.3 Å². The average Bonchev–Trinajstić information content (AvgIpc) is 3.06. The molecule has 1 aromatic heterocycles. The predicted octanol–water partition coefficient (Wildman–Crippen LogP) is 4.88. The van der Waals surface area contributed by atoms with Crippen LogP contribution in [0.4, 0.5) is 0 Å². The summed E-state index contributed by atoms with van der Waals surface area (Å²) in [4.78, 5) is 1.44. The maximum absolute atomic E-state index is 5.36. The molecule has 0 amide bonds. The Hall–Kier alpha value is -1.32. The Morgan fingerprint density at radius 1 is 1.38 bits per heavy atom. The summed E-state index contributed by atoms with van der Waals surface area (Å²) in [6.07, 6.45) is 4.77. The van der Waals surface area contributed by atoms with Gasteiger partial charge in [-0.2, -0.15) is 0 Å². The quantitative estimate of drug-likeness (QED) is 0.850. The summed E-state index contributed by atoms with van der Waals surface area (Å²) in [6, 6.07) is 11.8. The molecule has 2 unspecified atom stereocenters. The van der Waals surface area contributed by atoms with Crippen LogP contribution in [0.25, 0.3) is 0 Å². The fraction of sp³-hybridized carbons (Fsp3) is 0.444. The van der Waals surface area contributed by atoms with E-state index in [1.54, 1.807) is 7.11 Å². The van der Waals surface area contributed by atoms with Crippen LogP contribution < -0.4 is 10.1 Å². The molecular weight excluding hydrogens is 278 g/mol. The van der Waals surface area contributed by atoms with Gasteiger partial charge in [-0.3, -0.25) is 0 Å². The van der Waals surface area contributed by atoms with Crippen molar-refractivity contribution >= 4 is 11.3 Å². The molecule has 21 heavy (non-hydrogen) atoms. The Morgan fingerprint density at radius 3 is 3.00 bits per heavy atom. The van der Waals surface area contributed by atoms with E-state index in [2.05, 4.69) is 48.0 Å². The molecule has 2 aromatic rings. The number of aryl methyl sites for hydroxylation is 1. The van der Waals surface area contributed by atoms with Gasteiger partial charge in [0.05, 0.1) is 7.11 Å². The third-order valence-corrected chi connectivity index (χ3v) is 5.35. The van der Waals surface area contributed by atoms with Crippen molar-refractivity contribution in [1.82, 2.24) is 5.32 Å². The Morgan fingerprint density at radius 2 is 2.29 bits per heavy atom. The SMILES string of the molecule is CCC(NC1CCCc2cc(OC)ccc21)c1cccs1. The number of benzene rings is 1. The number of hydrogen-bond acceptors (Lipinski definition) is 3. The predicted molar refractivity (Wildman–Crippen MR) is 89.2 cm³/mol. The summed E-state index contributed by atoms with van der Waals surface area (Å²) in [7, 11) is 1.74. The van der Waals surface area contributed by atoms with Gasteiger partial charge in [-0.1, -0.05) is 19.1 Å². The standard InChI is InChI=1S/C18H23NOS/c1-3-16(18-8-5-11-21-18)19-17-7-4-6-13-12-14(20-2)9-10-15(13)17/h5,8-12,16-17,19H,3-4,6-7H2,1-2H3. The molecule has 0 spiro atoms.